The van der Waals surface area contributed by atoms with Crippen LogP contribution in [0.3, 0.4) is 0 Å². The minimum absolute atomic E-state index is 0.0518. The van der Waals surface area contributed by atoms with Crippen molar-refractivity contribution in [2.75, 3.05) is 0 Å². The average molecular weight is 540 g/mol. The molecule has 0 bridgehead atoms. The molecule has 4 heterocycles. The molecule has 5 aromatic rings. The molecule has 4 aromatic heterocycles. The van der Waals surface area contributed by atoms with E-state index in [-0.39, 0.29) is 12.2 Å². The summed E-state index contributed by atoms with van der Waals surface area (Å²) in [5.41, 5.74) is 1.14. The van der Waals surface area contributed by atoms with Crippen molar-refractivity contribution in [3.05, 3.63) is 85.9 Å². The molecule has 0 fully saturated rings. The standard InChI is InChI=1S/C25H22ClN5O3S2/c26-15-7-9-16(10-8-15)34-13-21-29-30-25(31(21)12-17-4-3-11-33-17)35-14-20-27-23(32)22-18-5-1-2-6-19(18)36-24(22)28-20/h3-4,7-11H,1-2,5-6,12-14H2,(H,27,28,32). The quantitative estimate of drug-likeness (QED) is 0.255. The lowest BCUT2D eigenvalue weighted by Gasteiger charge is -2.10. The zero-order valence-corrected chi connectivity index (χ0v) is 21.6. The van der Waals surface area contributed by atoms with E-state index in [4.69, 9.17) is 25.7 Å². The van der Waals surface area contributed by atoms with Gasteiger partial charge in [0.25, 0.3) is 5.56 Å². The largest absolute Gasteiger partial charge is 0.486 e. The van der Waals surface area contributed by atoms with Gasteiger partial charge >= 0.3 is 0 Å². The second-order valence-corrected chi connectivity index (χ2v) is 11.0. The summed E-state index contributed by atoms with van der Waals surface area (Å²) in [6.45, 7) is 0.694. The van der Waals surface area contributed by atoms with Gasteiger partial charge in [-0.05, 0) is 67.6 Å². The Labute approximate surface area is 219 Å². The first kappa shape index (κ1) is 23.3. The Kier molecular flexibility index (Phi) is 6.56. The fourth-order valence-corrected chi connectivity index (χ4v) is 6.57. The normalized spacial score (nSPS) is 13.2. The number of hydrogen-bond acceptors (Lipinski definition) is 8. The average Bonchev–Trinajstić information content (AvgIpc) is 3.62. The van der Waals surface area contributed by atoms with E-state index in [1.54, 1.807) is 29.7 Å². The number of hydrogen-bond donors (Lipinski definition) is 1. The van der Waals surface area contributed by atoms with Gasteiger partial charge in [0.2, 0.25) is 0 Å². The number of thioether (sulfide) groups is 1. The summed E-state index contributed by atoms with van der Waals surface area (Å²) in [6.07, 6.45) is 5.95. The number of halogens is 1. The second kappa shape index (κ2) is 10.1. The van der Waals surface area contributed by atoms with Gasteiger partial charge in [-0.3, -0.25) is 9.36 Å². The number of thiophene rings is 1. The highest BCUT2D eigenvalue weighted by Crippen LogP contribution is 2.34. The van der Waals surface area contributed by atoms with Crippen molar-refractivity contribution in [3.8, 4) is 5.75 Å². The Morgan fingerprint density at radius 1 is 1.17 bits per heavy atom. The van der Waals surface area contributed by atoms with Crippen molar-refractivity contribution in [2.45, 2.75) is 49.7 Å². The second-order valence-electron chi connectivity index (χ2n) is 8.50. The molecule has 11 heteroatoms. The zero-order chi connectivity index (χ0) is 24.5. The number of aromatic amines is 1. The Morgan fingerprint density at radius 2 is 2.03 bits per heavy atom. The van der Waals surface area contributed by atoms with E-state index in [1.165, 1.54) is 28.6 Å². The summed E-state index contributed by atoms with van der Waals surface area (Å²) in [6, 6.07) is 10.9. The first-order valence-corrected chi connectivity index (χ1v) is 13.8. The van der Waals surface area contributed by atoms with E-state index < -0.39 is 0 Å². The first-order valence-electron chi connectivity index (χ1n) is 11.6. The van der Waals surface area contributed by atoms with Gasteiger partial charge in [0.15, 0.2) is 11.0 Å². The van der Waals surface area contributed by atoms with Gasteiger partial charge in [0, 0.05) is 9.90 Å². The van der Waals surface area contributed by atoms with E-state index in [0.717, 1.165) is 35.2 Å². The molecule has 36 heavy (non-hydrogen) atoms. The minimum Gasteiger partial charge on any atom is -0.486 e. The monoisotopic (exact) mass is 539 g/mol. The third-order valence-electron chi connectivity index (χ3n) is 6.08. The highest BCUT2D eigenvalue weighted by Gasteiger charge is 2.21. The molecule has 1 aromatic carbocycles. The van der Waals surface area contributed by atoms with Crippen molar-refractivity contribution in [3.63, 3.8) is 0 Å². The maximum absolute atomic E-state index is 12.9. The fourth-order valence-electron chi connectivity index (χ4n) is 4.34. The van der Waals surface area contributed by atoms with Crippen LogP contribution in [0.1, 0.15) is 40.7 Å². The molecule has 0 aliphatic heterocycles. The van der Waals surface area contributed by atoms with Gasteiger partial charge in [0.1, 0.15) is 28.8 Å². The van der Waals surface area contributed by atoms with Crippen LogP contribution in [0.5, 0.6) is 5.75 Å². The molecular weight excluding hydrogens is 518 g/mol. The van der Waals surface area contributed by atoms with E-state index >= 15 is 0 Å². The lowest BCUT2D eigenvalue weighted by molar-refractivity contribution is 0.287. The molecule has 0 saturated heterocycles. The number of aryl methyl sites for hydroxylation is 2. The van der Waals surface area contributed by atoms with Crippen LogP contribution >= 0.6 is 34.7 Å². The number of aromatic nitrogens is 5. The van der Waals surface area contributed by atoms with Crippen LogP contribution in [0.15, 0.2) is 57.0 Å². The highest BCUT2D eigenvalue weighted by molar-refractivity contribution is 7.98. The number of H-pyrrole nitrogens is 1. The minimum atomic E-state index is -0.0518. The summed E-state index contributed by atoms with van der Waals surface area (Å²) in [5, 5.41) is 10.9. The molecule has 0 spiro atoms. The molecule has 0 atom stereocenters. The summed E-state index contributed by atoms with van der Waals surface area (Å²) >= 11 is 9.09. The molecule has 1 N–H and O–H groups in total. The summed E-state index contributed by atoms with van der Waals surface area (Å²) in [7, 11) is 0. The Hall–Kier alpha value is -3.08. The van der Waals surface area contributed by atoms with Crippen LogP contribution in [-0.4, -0.2) is 24.7 Å². The number of nitrogens with zero attached hydrogens (tertiary/aromatic N) is 4. The fraction of sp³-hybridized carbons (Fsp3) is 0.280. The topological polar surface area (TPSA) is 98.8 Å². The summed E-state index contributed by atoms with van der Waals surface area (Å²) in [4.78, 5) is 22.8. The molecule has 0 amide bonds. The maximum Gasteiger partial charge on any atom is 0.259 e. The summed E-state index contributed by atoms with van der Waals surface area (Å²) < 4.78 is 13.4. The summed E-state index contributed by atoms with van der Waals surface area (Å²) in [5.74, 6) is 3.22. The van der Waals surface area contributed by atoms with Crippen LogP contribution in [0.2, 0.25) is 5.02 Å². The Morgan fingerprint density at radius 3 is 2.86 bits per heavy atom. The number of furan rings is 1. The van der Waals surface area contributed by atoms with Gasteiger partial charge in [-0.15, -0.1) is 21.5 Å². The third-order valence-corrected chi connectivity index (χ3v) is 8.50. The van der Waals surface area contributed by atoms with Crippen LogP contribution < -0.4 is 10.3 Å². The van der Waals surface area contributed by atoms with Crippen LogP contribution in [-0.2, 0) is 31.7 Å². The van der Waals surface area contributed by atoms with Gasteiger partial charge in [-0.2, -0.15) is 0 Å². The smallest absolute Gasteiger partial charge is 0.259 e. The molecule has 0 radical (unpaired) electrons. The molecule has 0 saturated carbocycles. The highest BCUT2D eigenvalue weighted by atomic mass is 35.5. The number of rotatable bonds is 8. The third kappa shape index (κ3) is 4.80. The SMILES string of the molecule is O=c1[nH]c(CSc2nnc(COc3ccc(Cl)cc3)n2Cc2ccco2)nc2sc3c(c12)CCCC3. The van der Waals surface area contributed by atoms with Crippen molar-refractivity contribution in [1.29, 1.82) is 0 Å². The van der Waals surface area contributed by atoms with Crippen molar-refractivity contribution >= 4 is 44.9 Å². The molecule has 184 valence electrons. The Balaban J connectivity index is 1.23. The number of ether oxygens (including phenoxy) is 1. The molecule has 6 rings (SSSR count). The van der Waals surface area contributed by atoms with E-state index in [0.29, 0.717) is 39.9 Å². The van der Waals surface area contributed by atoms with Gasteiger partial charge in [0.05, 0.1) is 23.9 Å². The molecule has 1 aliphatic rings. The van der Waals surface area contributed by atoms with E-state index in [1.807, 2.05) is 28.8 Å². The molecule has 0 unspecified atom stereocenters. The number of fused-ring (bicyclic) bond motifs is 3. The molecule has 8 nitrogen and oxygen atoms in total. The van der Waals surface area contributed by atoms with E-state index in [9.17, 15) is 4.79 Å². The lowest BCUT2D eigenvalue weighted by Crippen LogP contribution is -2.13. The first-order chi connectivity index (χ1) is 17.6. The Bertz CT molecular complexity index is 1560. The zero-order valence-electron chi connectivity index (χ0n) is 19.2. The van der Waals surface area contributed by atoms with Crippen LogP contribution in [0, 0.1) is 0 Å². The van der Waals surface area contributed by atoms with Crippen molar-refractivity contribution in [2.24, 2.45) is 0 Å². The van der Waals surface area contributed by atoms with Crippen LogP contribution in [0.25, 0.3) is 10.2 Å². The van der Waals surface area contributed by atoms with Gasteiger partial charge in [-0.25, -0.2) is 4.98 Å². The van der Waals surface area contributed by atoms with Gasteiger partial charge in [-0.1, -0.05) is 23.4 Å². The van der Waals surface area contributed by atoms with Crippen LogP contribution in [0.4, 0.5) is 0 Å². The van der Waals surface area contributed by atoms with Crippen molar-refractivity contribution in [1.82, 2.24) is 24.7 Å². The lowest BCUT2D eigenvalue weighted by atomic mass is 9.97. The number of benzene rings is 1. The predicted octanol–water partition coefficient (Wildman–Crippen LogP) is 5.62. The number of nitrogens with one attached hydrogen (secondary N) is 1. The maximum atomic E-state index is 12.9. The predicted molar refractivity (Wildman–Crippen MR) is 140 cm³/mol. The van der Waals surface area contributed by atoms with Crippen molar-refractivity contribution < 1.29 is 9.15 Å². The molecule has 1 aliphatic carbocycles. The van der Waals surface area contributed by atoms with E-state index in [2.05, 4.69) is 15.2 Å². The molecular formula is C25H22ClN5O3S2. The van der Waals surface area contributed by atoms with Gasteiger partial charge < -0.3 is 14.1 Å².